The third-order valence-corrected chi connectivity index (χ3v) is 3.16. The molecule has 0 radical (unpaired) electrons. The topological polar surface area (TPSA) is 35.2 Å². The lowest BCUT2D eigenvalue weighted by Gasteiger charge is -2.19. The van der Waals surface area contributed by atoms with E-state index in [2.05, 4.69) is 6.92 Å². The third-order valence-electron chi connectivity index (χ3n) is 3.16. The summed E-state index contributed by atoms with van der Waals surface area (Å²) in [4.78, 5) is 0. The van der Waals surface area contributed by atoms with Crippen LogP contribution in [-0.2, 0) is 11.2 Å². The van der Waals surface area contributed by atoms with E-state index in [1.165, 1.54) is 6.07 Å². The van der Waals surface area contributed by atoms with Gasteiger partial charge < -0.3 is 10.5 Å². The Morgan fingerprint density at radius 1 is 1.44 bits per heavy atom. The van der Waals surface area contributed by atoms with Crippen molar-refractivity contribution in [3.63, 3.8) is 0 Å². The van der Waals surface area contributed by atoms with Gasteiger partial charge in [0.1, 0.15) is 5.82 Å². The minimum atomic E-state index is -0.177. The number of ether oxygens (including phenoxy) is 1. The van der Waals surface area contributed by atoms with Crippen molar-refractivity contribution in [2.45, 2.75) is 44.4 Å². The van der Waals surface area contributed by atoms with Gasteiger partial charge in [-0.05, 0) is 37.8 Å². The Balaban J connectivity index is 1.97. The summed E-state index contributed by atoms with van der Waals surface area (Å²) < 4.78 is 19.1. The Labute approximate surface area is 95.6 Å². The van der Waals surface area contributed by atoms with Gasteiger partial charge in [-0.25, -0.2) is 4.39 Å². The first-order valence-electron chi connectivity index (χ1n) is 5.81. The molecule has 1 aliphatic heterocycles. The van der Waals surface area contributed by atoms with Crippen molar-refractivity contribution >= 4 is 0 Å². The second kappa shape index (κ2) is 4.93. The zero-order chi connectivity index (χ0) is 11.5. The zero-order valence-corrected chi connectivity index (χ0v) is 9.53. The maximum absolute atomic E-state index is 13.4. The number of hydrogen-bond acceptors (Lipinski definition) is 2. The van der Waals surface area contributed by atoms with Crippen LogP contribution in [0.3, 0.4) is 0 Å². The molecule has 0 saturated carbocycles. The molecule has 0 bridgehead atoms. The molecule has 1 heterocycles. The SMILES string of the molecule is CC1CCC(C(N)Cc2ccccc2F)O1. The molecule has 2 nitrogen and oxygen atoms in total. The lowest BCUT2D eigenvalue weighted by molar-refractivity contribution is 0.0403. The van der Waals surface area contributed by atoms with Gasteiger partial charge in [0.15, 0.2) is 0 Å². The summed E-state index contributed by atoms with van der Waals surface area (Å²) in [6, 6.07) is 6.68. The van der Waals surface area contributed by atoms with Crippen LogP contribution in [0.5, 0.6) is 0 Å². The molecule has 3 unspecified atom stereocenters. The Hall–Kier alpha value is -0.930. The molecule has 1 fully saturated rings. The van der Waals surface area contributed by atoms with E-state index in [1.54, 1.807) is 12.1 Å². The van der Waals surface area contributed by atoms with Crippen LogP contribution in [0.2, 0.25) is 0 Å². The molecule has 0 amide bonds. The van der Waals surface area contributed by atoms with Crippen molar-refractivity contribution in [3.8, 4) is 0 Å². The Morgan fingerprint density at radius 2 is 2.19 bits per heavy atom. The summed E-state index contributed by atoms with van der Waals surface area (Å²) >= 11 is 0. The van der Waals surface area contributed by atoms with E-state index in [-0.39, 0.29) is 24.1 Å². The number of benzene rings is 1. The molecular weight excluding hydrogens is 205 g/mol. The third kappa shape index (κ3) is 2.60. The smallest absolute Gasteiger partial charge is 0.126 e. The van der Waals surface area contributed by atoms with Gasteiger partial charge in [-0.15, -0.1) is 0 Å². The highest BCUT2D eigenvalue weighted by Crippen LogP contribution is 2.23. The van der Waals surface area contributed by atoms with E-state index in [9.17, 15) is 4.39 Å². The van der Waals surface area contributed by atoms with Crippen molar-refractivity contribution in [1.29, 1.82) is 0 Å². The van der Waals surface area contributed by atoms with Gasteiger partial charge in [-0.3, -0.25) is 0 Å². The average Bonchev–Trinajstić information content (AvgIpc) is 2.68. The molecule has 16 heavy (non-hydrogen) atoms. The Morgan fingerprint density at radius 3 is 2.81 bits per heavy atom. The summed E-state index contributed by atoms with van der Waals surface area (Å²) in [7, 11) is 0. The highest BCUT2D eigenvalue weighted by molar-refractivity contribution is 5.18. The number of nitrogens with two attached hydrogens (primary N) is 1. The van der Waals surface area contributed by atoms with Gasteiger partial charge in [0.2, 0.25) is 0 Å². The van der Waals surface area contributed by atoms with Crippen molar-refractivity contribution in [1.82, 2.24) is 0 Å². The molecule has 3 heteroatoms. The highest BCUT2D eigenvalue weighted by atomic mass is 19.1. The summed E-state index contributed by atoms with van der Waals surface area (Å²) in [5.41, 5.74) is 6.73. The summed E-state index contributed by atoms with van der Waals surface area (Å²) in [6.45, 7) is 2.05. The molecule has 1 aromatic carbocycles. The molecule has 1 aliphatic rings. The first-order chi connectivity index (χ1) is 7.66. The molecule has 88 valence electrons. The second-order valence-electron chi connectivity index (χ2n) is 4.52. The number of rotatable bonds is 3. The summed E-state index contributed by atoms with van der Waals surface area (Å²) in [5.74, 6) is -0.177. The number of hydrogen-bond donors (Lipinski definition) is 1. The van der Waals surface area contributed by atoms with Gasteiger partial charge >= 0.3 is 0 Å². The Kier molecular flexibility index (Phi) is 3.56. The van der Waals surface area contributed by atoms with Crippen LogP contribution >= 0.6 is 0 Å². The van der Waals surface area contributed by atoms with E-state index < -0.39 is 0 Å². The van der Waals surface area contributed by atoms with Crippen LogP contribution in [0.15, 0.2) is 24.3 Å². The second-order valence-corrected chi connectivity index (χ2v) is 4.52. The van der Waals surface area contributed by atoms with Crippen molar-refractivity contribution in [2.24, 2.45) is 5.73 Å². The van der Waals surface area contributed by atoms with Gasteiger partial charge in [-0.2, -0.15) is 0 Å². The standard InChI is InChI=1S/C13H18FNO/c1-9-6-7-13(16-9)12(15)8-10-4-2-3-5-11(10)14/h2-5,9,12-13H,6-8,15H2,1H3. The van der Waals surface area contributed by atoms with Crippen LogP contribution < -0.4 is 5.73 Å². The van der Waals surface area contributed by atoms with Crippen LogP contribution in [0.25, 0.3) is 0 Å². The molecule has 0 aromatic heterocycles. The van der Waals surface area contributed by atoms with Crippen LogP contribution in [-0.4, -0.2) is 18.2 Å². The van der Waals surface area contributed by atoms with E-state index in [0.717, 1.165) is 12.8 Å². The van der Waals surface area contributed by atoms with Gasteiger partial charge in [0, 0.05) is 6.04 Å². The molecule has 2 N–H and O–H groups in total. The van der Waals surface area contributed by atoms with Crippen LogP contribution in [0.1, 0.15) is 25.3 Å². The van der Waals surface area contributed by atoms with Crippen molar-refractivity contribution in [3.05, 3.63) is 35.6 Å². The first-order valence-corrected chi connectivity index (χ1v) is 5.81. The summed E-state index contributed by atoms with van der Waals surface area (Å²) in [6.07, 6.45) is 2.95. The lowest BCUT2D eigenvalue weighted by Crippen LogP contribution is -2.36. The first kappa shape index (κ1) is 11.6. The Bertz CT molecular complexity index is 356. The molecule has 1 saturated heterocycles. The van der Waals surface area contributed by atoms with Crippen LogP contribution in [0, 0.1) is 5.82 Å². The summed E-state index contributed by atoms with van der Waals surface area (Å²) in [5, 5.41) is 0. The highest BCUT2D eigenvalue weighted by Gasteiger charge is 2.27. The van der Waals surface area contributed by atoms with Gasteiger partial charge in [-0.1, -0.05) is 18.2 Å². The molecule has 2 rings (SSSR count). The van der Waals surface area contributed by atoms with Crippen LogP contribution in [0.4, 0.5) is 4.39 Å². The van der Waals surface area contributed by atoms with Crippen molar-refractivity contribution < 1.29 is 9.13 Å². The van der Waals surface area contributed by atoms with E-state index in [1.807, 2.05) is 6.07 Å². The largest absolute Gasteiger partial charge is 0.374 e. The molecular formula is C13H18FNO. The molecule has 0 spiro atoms. The minimum absolute atomic E-state index is 0.0783. The average molecular weight is 223 g/mol. The maximum Gasteiger partial charge on any atom is 0.126 e. The quantitative estimate of drug-likeness (QED) is 0.853. The zero-order valence-electron chi connectivity index (χ0n) is 9.53. The molecule has 3 atom stereocenters. The fourth-order valence-electron chi connectivity index (χ4n) is 2.20. The lowest BCUT2D eigenvalue weighted by atomic mass is 10.00. The predicted molar refractivity (Wildman–Crippen MR) is 61.6 cm³/mol. The molecule has 0 aliphatic carbocycles. The van der Waals surface area contributed by atoms with E-state index in [0.29, 0.717) is 12.0 Å². The van der Waals surface area contributed by atoms with Gasteiger partial charge in [0.05, 0.1) is 12.2 Å². The van der Waals surface area contributed by atoms with E-state index >= 15 is 0 Å². The normalized spacial score (nSPS) is 26.9. The van der Waals surface area contributed by atoms with Gasteiger partial charge in [0.25, 0.3) is 0 Å². The van der Waals surface area contributed by atoms with Crippen molar-refractivity contribution in [2.75, 3.05) is 0 Å². The fourth-order valence-corrected chi connectivity index (χ4v) is 2.20. The maximum atomic E-state index is 13.4. The monoisotopic (exact) mass is 223 g/mol. The fraction of sp³-hybridized carbons (Fsp3) is 0.538. The van der Waals surface area contributed by atoms with E-state index in [4.69, 9.17) is 10.5 Å². The number of halogens is 1. The predicted octanol–water partition coefficient (Wildman–Crippen LogP) is 2.26. The minimum Gasteiger partial charge on any atom is -0.374 e. The molecule has 1 aromatic rings.